The molecule has 2 heterocycles. The fraction of sp³-hybridized carbons (Fsp3) is 0.333. The number of carbonyl (C=O) groups excluding carboxylic acids is 1. The monoisotopic (exact) mass is 427 g/mol. The Morgan fingerprint density at radius 3 is 2.67 bits per heavy atom. The van der Waals surface area contributed by atoms with Crippen LogP contribution < -0.4 is 15.8 Å². The first-order valence-electron chi connectivity index (χ1n) is 8.58. The number of hydrogen-bond acceptors (Lipinski definition) is 7. The standard InChI is InChI=1S/C18H17F4N5O3/c1-17(6-13(18(20,21)22)30-16(23)27-17)10-5-9(3-4-11(10)19)26-15(28)12-7-25-14(29-2)8-24-12/h3-5,7-8,13H,6H2,1-2H3,(H2,23,27)(H,26,28)/t13-,17-/m0/s1. The number of ether oxygens (including phenoxy) is 2. The quantitative estimate of drug-likeness (QED) is 0.726. The van der Waals surface area contributed by atoms with Gasteiger partial charge in [-0.1, -0.05) is 0 Å². The van der Waals surface area contributed by atoms with Crippen molar-refractivity contribution in [3.8, 4) is 5.88 Å². The molecule has 8 nitrogen and oxygen atoms in total. The number of amidine groups is 1. The van der Waals surface area contributed by atoms with E-state index in [1.54, 1.807) is 0 Å². The number of alkyl halides is 3. The molecule has 1 aromatic heterocycles. The summed E-state index contributed by atoms with van der Waals surface area (Å²) < 4.78 is 63.4. The van der Waals surface area contributed by atoms with Crippen LogP contribution >= 0.6 is 0 Å². The summed E-state index contributed by atoms with van der Waals surface area (Å²) in [5.74, 6) is -1.26. The third kappa shape index (κ3) is 4.42. The second-order valence-corrected chi connectivity index (χ2v) is 6.67. The van der Waals surface area contributed by atoms with Crippen LogP contribution in [-0.4, -0.2) is 41.3 Å². The first-order valence-corrected chi connectivity index (χ1v) is 8.58. The lowest BCUT2D eigenvalue weighted by Gasteiger charge is -2.36. The highest BCUT2D eigenvalue weighted by atomic mass is 19.4. The predicted molar refractivity (Wildman–Crippen MR) is 97.5 cm³/mol. The summed E-state index contributed by atoms with van der Waals surface area (Å²) in [7, 11) is 1.39. The van der Waals surface area contributed by atoms with Gasteiger partial charge in [0.2, 0.25) is 5.88 Å². The maximum absolute atomic E-state index is 14.5. The van der Waals surface area contributed by atoms with Gasteiger partial charge in [-0.15, -0.1) is 0 Å². The number of aromatic nitrogens is 2. The van der Waals surface area contributed by atoms with E-state index in [1.165, 1.54) is 38.6 Å². The van der Waals surface area contributed by atoms with Crippen LogP contribution in [0.15, 0.2) is 35.6 Å². The van der Waals surface area contributed by atoms with Crippen molar-refractivity contribution in [3.05, 3.63) is 47.7 Å². The zero-order valence-corrected chi connectivity index (χ0v) is 15.8. The Labute approximate surface area is 168 Å². The number of hydrogen-bond donors (Lipinski definition) is 2. The molecule has 0 spiro atoms. The van der Waals surface area contributed by atoms with E-state index in [1.807, 2.05) is 0 Å². The van der Waals surface area contributed by atoms with Gasteiger partial charge < -0.3 is 20.5 Å². The van der Waals surface area contributed by atoms with Crippen molar-refractivity contribution in [2.24, 2.45) is 10.7 Å². The second-order valence-electron chi connectivity index (χ2n) is 6.67. The number of nitrogens with one attached hydrogen (secondary N) is 1. The lowest BCUT2D eigenvalue weighted by molar-refractivity contribution is -0.208. The largest absolute Gasteiger partial charge is 0.480 e. The molecule has 1 amide bonds. The molecule has 1 aromatic carbocycles. The molecule has 2 aromatic rings. The smallest absolute Gasteiger partial charge is 0.425 e. The molecule has 1 aliphatic rings. The van der Waals surface area contributed by atoms with E-state index < -0.39 is 42.0 Å². The molecule has 3 N–H and O–H groups in total. The van der Waals surface area contributed by atoms with E-state index in [0.717, 1.165) is 6.07 Å². The van der Waals surface area contributed by atoms with Crippen molar-refractivity contribution in [2.75, 3.05) is 12.4 Å². The topological polar surface area (TPSA) is 112 Å². The highest BCUT2D eigenvalue weighted by molar-refractivity contribution is 6.02. The molecule has 0 fully saturated rings. The third-order valence-corrected chi connectivity index (χ3v) is 4.44. The normalized spacial score (nSPS) is 21.4. The number of aliphatic imine (C=N–C) groups is 1. The molecule has 3 rings (SSSR count). The number of methoxy groups -OCH3 is 1. The van der Waals surface area contributed by atoms with Crippen LogP contribution in [0.2, 0.25) is 0 Å². The van der Waals surface area contributed by atoms with Crippen molar-refractivity contribution in [1.29, 1.82) is 0 Å². The van der Waals surface area contributed by atoms with Gasteiger partial charge in [-0.05, 0) is 25.1 Å². The van der Waals surface area contributed by atoms with Crippen molar-refractivity contribution >= 4 is 17.6 Å². The van der Waals surface area contributed by atoms with Crippen molar-refractivity contribution < 1.29 is 31.8 Å². The summed E-state index contributed by atoms with van der Waals surface area (Å²) in [5.41, 5.74) is 3.66. The number of amides is 1. The van der Waals surface area contributed by atoms with E-state index >= 15 is 0 Å². The average Bonchev–Trinajstić information content (AvgIpc) is 2.68. The first-order chi connectivity index (χ1) is 14.0. The van der Waals surface area contributed by atoms with Gasteiger partial charge in [0.05, 0.1) is 25.0 Å². The van der Waals surface area contributed by atoms with Gasteiger partial charge in [0, 0.05) is 17.7 Å². The van der Waals surface area contributed by atoms with Gasteiger partial charge >= 0.3 is 6.18 Å². The van der Waals surface area contributed by atoms with E-state index in [2.05, 4.69) is 25.0 Å². The van der Waals surface area contributed by atoms with Crippen molar-refractivity contribution in [3.63, 3.8) is 0 Å². The van der Waals surface area contributed by atoms with Crippen LogP contribution in [0.3, 0.4) is 0 Å². The van der Waals surface area contributed by atoms with E-state index in [4.69, 9.17) is 10.5 Å². The Hall–Kier alpha value is -3.44. The molecule has 1 aliphatic heterocycles. The third-order valence-electron chi connectivity index (χ3n) is 4.44. The van der Waals surface area contributed by atoms with Crippen LogP contribution in [0.1, 0.15) is 29.4 Å². The molecule has 0 radical (unpaired) electrons. The summed E-state index contributed by atoms with van der Waals surface area (Å²) in [6.45, 7) is 1.31. The summed E-state index contributed by atoms with van der Waals surface area (Å²) in [4.78, 5) is 24.0. The fourth-order valence-corrected chi connectivity index (χ4v) is 2.97. The molecule has 0 saturated heterocycles. The van der Waals surface area contributed by atoms with Crippen LogP contribution in [0.5, 0.6) is 5.88 Å². The zero-order chi connectivity index (χ0) is 22.1. The highest BCUT2D eigenvalue weighted by Gasteiger charge is 2.50. The predicted octanol–water partition coefficient (Wildman–Crippen LogP) is 2.76. The number of carbonyl (C=O) groups is 1. The van der Waals surface area contributed by atoms with Crippen LogP contribution in [0.25, 0.3) is 0 Å². The molecule has 12 heteroatoms. The summed E-state index contributed by atoms with van der Waals surface area (Å²) in [6.07, 6.45) is -5.22. The molecule has 0 aliphatic carbocycles. The fourth-order valence-electron chi connectivity index (χ4n) is 2.97. The maximum Gasteiger partial charge on any atom is 0.425 e. The molecule has 0 bridgehead atoms. The van der Waals surface area contributed by atoms with Crippen LogP contribution in [-0.2, 0) is 10.3 Å². The molecule has 0 saturated carbocycles. The number of halogens is 4. The van der Waals surface area contributed by atoms with Crippen molar-refractivity contribution in [1.82, 2.24) is 9.97 Å². The molecule has 0 unspecified atom stereocenters. The van der Waals surface area contributed by atoms with Gasteiger partial charge in [0.1, 0.15) is 11.5 Å². The van der Waals surface area contributed by atoms with Gasteiger partial charge in [0.15, 0.2) is 6.10 Å². The van der Waals surface area contributed by atoms with E-state index in [0.29, 0.717) is 0 Å². The van der Waals surface area contributed by atoms with E-state index in [9.17, 15) is 22.4 Å². The minimum absolute atomic E-state index is 0.0432. The molecule has 160 valence electrons. The van der Waals surface area contributed by atoms with Crippen LogP contribution in [0, 0.1) is 5.82 Å². The number of nitrogens with zero attached hydrogens (tertiary/aromatic N) is 3. The SMILES string of the molecule is COc1cnc(C(=O)Nc2ccc(F)c([C@]3(C)C[C@@H](C(F)(F)F)OC(N)=N3)c2)cn1. The average molecular weight is 427 g/mol. The number of anilines is 1. The minimum Gasteiger partial charge on any atom is -0.480 e. The number of nitrogens with two attached hydrogens (primary N) is 1. The Morgan fingerprint density at radius 1 is 1.33 bits per heavy atom. The molecular formula is C18H17F4N5O3. The minimum atomic E-state index is -4.71. The Bertz CT molecular complexity index is 981. The number of benzene rings is 1. The molecular weight excluding hydrogens is 410 g/mol. The Morgan fingerprint density at radius 2 is 2.07 bits per heavy atom. The van der Waals surface area contributed by atoms with Gasteiger partial charge in [-0.25, -0.2) is 19.4 Å². The lowest BCUT2D eigenvalue weighted by atomic mass is 9.85. The van der Waals surface area contributed by atoms with Gasteiger partial charge in [0.25, 0.3) is 11.9 Å². The number of rotatable bonds is 4. The summed E-state index contributed by atoms with van der Waals surface area (Å²) in [6, 6.07) is 2.76. The van der Waals surface area contributed by atoms with Crippen molar-refractivity contribution in [2.45, 2.75) is 31.2 Å². The van der Waals surface area contributed by atoms with Gasteiger partial charge in [-0.3, -0.25) is 4.79 Å². The molecule has 2 atom stereocenters. The Balaban J connectivity index is 1.89. The zero-order valence-electron chi connectivity index (χ0n) is 15.8. The second kappa shape index (κ2) is 7.76. The maximum atomic E-state index is 14.5. The highest BCUT2D eigenvalue weighted by Crippen LogP contribution is 2.41. The Kier molecular flexibility index (Phi) is 5.51. The summed E-state index contributed by atoms with van der Waals surface area (Å²) in [5, 5.41) is 2.49. The molecule has 30 heavy (non-hydrogen) atoms. The van der Waals surface area contributed by atoms with Crippen LogP contribution in [0.4, 0.5) is 23.2 Å². The first kappa shape index (κ1) is 21.3. The van der Waals surface area contributed by atoms with E-state index in [-0.39, 0.29) is 22.8 Å². The lowest BCUT2D eigenvalue weighted by Crippen LogP contribution is -2.46. The summed E-state index contributed by atoms with van der Waals surface area (Å²) >= 11 is 0. The van der Waals surface area contributed by atoms with Gasteiger partial charge in [-0.2, -0.15) is 13.2 Å².